The zero-order valence-corrected chi connectivity index (χ0v) is 8.40. The number of aryl methyl sites for hydroxylation is 2. The zero-order chi connectivity index (χ0) is 9.10. The molecule has 1 aliphatic rings. The van der Waals surface area contributed by atoms with Crippen LogP contribution >= 0.6 is 0 Å². The molecule has 0 radical (unpaired) electrons. The molecule has 0 saturated heterocycles. The molecule has 0 spiro atoms. The van der Waals surface area contributed by atoms with Gasteiger partial charge in [0.05, 0.1) is 5.69 Å². The Hall–Kier alpha value is -0.790. The summed E-state index contributed by atoms with van der Waals surface area (Å²) < 4.78 is 0. The molecule has 1 heterocycles. The molecule has 1 aromatic heterocycles. The van der Waals surface area contributed by atoms with Gasteiger partial charge in [-0.05, 0) is 38.2 Å². The van der Waals surface area contributed by atoms with Crippen molar-refractivity contribution in [2.24, 2.45) is 0 Å². The second-order valence-electron chi connectivity index (χ2n) is 4.04. The van der Waals surface area contributed by atoms with E-state index in [9.17, 15) is 0 Å². The molecule has 0 aromatic carbocycles. The highest BCUT2D eigenvalue weighted by molar-refractivity contribution is 5.24. The second-order valence-corrected chi connectivity index (χ2v) is 4.04. The normalized spacial score (nSPS) is 18.5. The summed E-state index contributed by atoms with van der Waals surface area (Å²) >= 11 is 0. The summed E-state index contributed by atoms with van der Waals surface area (Å²) in [6.07, 6.45) is 9.25. The predicted octanol–water partition coefficient (Wildman–Crippen LogP) is 2.77. The average Bonchev–Trinajstić information content (AvgIpc) is 2.51. The van der Waals surface area contributed by atoms with Crippen molar-refractivity contribution in [1.29, 1.82) is 0 Å². The Kier molecular flexibility index (Phi) is 2.67. The molecule has 0 aliphatic heterocycles. The van der Waals surface area contributed by atoms with E-state index < -0.39 is 0 Å². The van der Waals surface area contributed by atoms with Gasteiger partial charge in [-0.25, -0.2) is 0 Å². The Labute approximate surface area is 79.7 Å². The molecule has 0 bridgehead atoms. The topological polar surface area (TPSA) is 28.7 Å². The number of fused-ring (bicyclic) bond motifs is 1. The molecule has 0 atom stereocenters. The molecule has 1 aromatic rings. The summed E-state index contributed by atoms with van der Waals surface area (Å²) in [4.78, 5) is 0. The molecule has 72 valence electrons. The molecule has 2 heteroatoms. The van der Waals surface area contributed by atoms with Crippen molar-refractivity contribution in [2.45, 2.75) is 51.9 Å². The van der Waals surface area contributed by atoms with Crippen LogP contribution in [-0.4, -0.2) is 10.2 Å². The van der Waals surface area contributed by atoms with Crippen LogP contribution in [0.4, 0.5) is 0 Å². The van der Waals surface area contributed by atoms with Crippen molar-refractivity contribution >= 4 is 0 Å². The van der Waals surface area contributed by atoms with Crippen molar-refractivity contribution in [3.05, 3.63) is 17.0 Å². The number of rotatable bonds is 0. The van der Waals surface area contributed by atoms with Crippen LogP contribution in [0.1, 0.15) is 49.1 Å². The summed E-state index contributed by atoms with van der Waals surface area (Å²) in [5.74, 6) is 0. The van der Waals surface area contributed by atoms with Gasteiger partial charge in [-0.2, -0.15) is 5.10 Å². The summed E-state index contributed by atoms with van der Waals surface area (Å²) in [5, 5.41) is 7.48. The standard InChI is InChI=1S/C11H18N2/c1-9-10-7-5-3-2-4-6-8-11(10)13-12-9/h2-8H2,1H3,(H,12,13). The van der Waals surface area contributed by atoms with Gasteiger partial charge in [0.2, 0.25) is 0 Å². The predicted molar refractivity (Wildman–Crippen MR) is 53.8 cm³/mol. The zero-order valence-electron chi connectivity index (χ0n) is 8.40. The van der Waals surface area contributed by atoms with E-state index in [1.807, 2.05) is 0 Å². The third kappa shape index (κ3) is 1.93. The number of nitrogens with one attached hydrogen (secondary N) is 1. The average molecular weight is 178 g/mol. The first-order valence-corrected chi connectivity index (χ1v) is 5.40. The first kappa shape index (κ1) is 8.79. The largest absolute Gasteiger partial charge is 0.282 e. The fourth-order valence-electron chi connectivity index (χ4n) is 2.17. The first-order chi connectivity index (χ1) is 6.38. The van der Waals surface area contributed by atoms with Gasteiger partial charge in [0.25, 0.3) is 0 Å². The minimum atomic E-state index is 1.18. The van der Waals surface area contributed by atoms with E-state index in [4.69, 9.17) is 0 Å². The molecule has 0 fully saturated rings. The van der Waals surface area contributed by atoms with Crippen LogP contribution in [0.25, 0.3) is 0 Å². The minimum absolute atomic E-state index is 1.18. The number of hydrogen-bond donors (Lipinski definition) is 1. The Balaban J connectivity index is 2.19. The van der Waals surface area contributed by atoms with E-state index in [1.165, 1.54) is 61.9 Å². The molecule has 2 nitrogen and oxygen atoms in total. The molecule has 1 aliphatic carbocycles. The lowest BCUT2D eigenvalue weighted by Gasteiger charge is -1.99. The lowest BCUT2D eigenvalue weighted by atomic mass is 10.1. The van der Waals surface area contributed by atoms with Gasteiger partial charge in [-0.3, -0.25) is 5.10 Å². The molecule has 2 rings (SSSR count). The van der Waals surface area contributed by atoms with Crippen molar-refractivity contribution in [3.63, 3.8) is 0 Å². The third-order valence-electron chi connectivity index (χ3n) is 3.00. The van der Waals surface area contributed by atoms with Crippen molar-refractivity contribution in [2.75, 3.05) is 0 Å². The SMILES string of the molecule is Cc1[nH]nc2c1CCCCCCC2. The number of nitrogens with zero attached hydrogens (tertiary/aromatic N) is 1. The maximum Gasteiger partial charge on any atom is 0.0656 e. The second kappa shape index (κ2) is 3.95. The van der Waals surface area contributed by atoms with E-state index in [0.29, 0.717) is 0 Å². The molecule has 0 saturated carbocycles. The van der Waals surface area contributed by atoms with E-state index in [0.717, 1.165) is 0 Å². The summed E-state index contributed by atoms with van der Waals surface area (Å²) in [5.41, 5.74) is 4.12. The van der Waals surface area contributed by atoms with Crippen LogP contribution in [0.3, 0.4) is 0 Å². The Morgan fingerprint density at radius 2 is 1.69 bits per heavy atom. The van der Waals surface area contributed by atoms with Crippen LogP contribution in [0.15, 0.2) is 0 Å². The Morgan fingerprint density at radius 3 is 2.54 bits per heavy atom. The van der Waals surface area contributed by atoms with Gasteiger partial charge in [0.15, 0.2) is 0 Å². The smallest absolute Gasteiger partial charge is 0.0656 e. The van der Waals surface area contributed by atoms with Gasteiger partial charge in [0.1, 0.15) is 0 Å². The molecular formula is C11H18N2. The fraction of sp³-hybridized carbons (Fsp3) is 0.727. The van der Waals surface area contributed by atoms with Crippen LogP contribution in [0.5, 0.6) is 0 Å². The van der Waals surface area contributed by atoms with Crippen LogP contribution in [0, 0.1) is 6.92 Å². The molecule has 0 unspecified atom stereocenters. The molecule has 0 amide bonds. The fourth-order valence-corrected chi connectivity index (χ4v) is 2.17. The van der Waals surface area contributed by atoms with Crippen LogP contribution < -0.4 is 0 Å². The maximum atomic E-state index is 4.37. The highest BCUT2D eigenvalue weighted by Crippen LogP contribution is 2.19. The van der Waals surface area contributed by atoms with E-state index >= 15 is 0 Å². The lowest BCUT2D eigenvalue weighted by molar-refractivity contribution is 0.625. The van der Waals surface area contributed by atoms with Gasteiger partial charge >= 0.3 is 0 Å². The number of aromatic amines is 1. The van der Waals surface area contributed by atoms with Crippen molar-refractivity contribution in [3.8, 4) is 0 Å². The summed E-state index contributed by atoms with van der Waals surface area (Å²) in [6.45, 7) is 2.14. The maximum absolute atomic E-state index is 4.37. The van der Waals surface area contributed by atoms with Crippen molar-refractivity contribution < 1.29 is 0 Å². The molecule has 13 heavy (non-hydrogen) atoms. The Morgan fingerprint density at radius 1 is 1.00 bits per heavy atom. The lowest BCUT2D eigenvalue weighted by Crippen LogP contribution is -1.92. The van der Waals surface area contributed by atoms with E-state index in [-0.39, 0.29) is 0 Å². The monoisotopic (exact) mass is 178 g/mol. The van der Waals surface area contributed by atoms with E-state index in [1.54, 1.807) is 0 Å². The van der Waals surface area contributed by atoms with Gasteiger partial charge in [-0.15, -0.1) is 0 Å². The first-order valence-electron chi connectivity index (χ1n) is 5.40. The van der Waals surface area contributed by atoms with E-state index in [2.05, 4.69) is 17.1 Å². The van der Waals surface area contributed by atoms with Crippen LogP contribution in [0.2, 0.25) is 0 Å². The van der Waals surface area contributed by atoms with Gasteiger partial charge < -0.3 is 0 Å². The van der Waals surface area contributed by atoms with Crippen molar-refractivity contribution in [1.82, 2.24) is 10.2 Å². The third-order valence-corrected chi connectivity index (χ3v) is 3.00. The van der Waals surface area contributed by atoms with Gasteiger partial charge in [-0.1, -0.05) is 19.3 Å². The highest BCUT2D eigenvalue weighted by atomic mass is 15.1. The number of aromatic nitrogens is 2. The summed E-state index contributed by atoms with van der Waals surface area (Å²) in [6, 6.07) is 0. The summed E-state index contributed by atoms with van der Waals surface area (Å²) in [7, 11) is 0. The number of H-pyrrole nitrogens is 1. The Bertz CT molecular complexity index is 276. The van der Waals surface area contributed by atoms with Crippen LogP contribution in [-0.2, 0) is 12.8 Å². The van der Waals surface area contributed by atoms with Gasteiger partial charge in [0, 0.05) is 5.69 Å². The number of hydrogen-bond acceptors (Lipinski definition) is 1. The quantitative estimate of drug-likeness (QED) is 0.650. The molecular weight excluding hydrogens is 160 g/mol. The highest BCUT2D eigenvalue weighted by Gasteiger charge is 2.10. The molecule has 1 N–H and O–H groups in total. The minimum Gasteiger partial charge on any atom is -0.282 e.